The third kappa shape index (κ3) is 4.86. The number of fused-ring (bicyclic) bond motifs is 1. The summed E-state index contributed by atoms with van der Waals surface area (Å²) in [6, 6.07) is 6.32. The second kappa shape index (κ2) is 9.45. The molecule has 0 unspecified atom stereocenters. The predicted octanol–water partition coefficient (Wildman–Crippen LogP) is 2.35. The molecule has 1 fully saturated rings. The van der Waals surface area contributed by atoms with E-state index in [-0.39, 0.29) is 5.91 Å². The Kier molecular flexibility index (Phi) is 6.48. The Morgan fingerprint density at radius 1 is 1.32 bits per heavy atom. The van der Waals surface area contributed by atoms with Gasteiger partial charge in [-0.25, -0.2) is 4.98 Å². The zero-order valence-corrected chi connectivity index (χ0v) is 18.4. The molecule has 2 aromatic heterocycles. The molecule has 31 heavy (non-hydrogen) atoms. The number of carbonyl (C=O) groups excluding carboxylic acids is 1. The Balaban J connectivity index is 1.34. The van der Waals surface area contributed by atoms with Crippen LogP contribution in [0.2, 0.25) is 0 Å². The number of aromatic nitrogens is 2. The van der Waals surface area contributed by atoms with Crippen molar-refractivity contribution in [2.75, 3.05) is 50.7 Å². The molecule has 1 amide bonds. The molecule has 164 valence electrons. The van der Waals surface area contributed by atoms with Crippen molar-refractivity contribution in [3.05, 3.63) is 53.1 Å². The van der Waals surface area contributed by atoms with Crippen LogP contribution in [0.4, 0.5) is 11.4 Å². The molecule has 0 saturated carbocycles. The average molecular weight is 423 g/mol. The van der Waals surface area contributed by atoms with Gasteiger partial charge in [-0.2, -0.15) is 0 Å². The summed E-state index contributed by atoms with van der Waals surface area (Å²) in [6.07, 6.45) is 6.84. The summed E-state index contributed by atoms with van der Waals surface area (Å²) in [7, 11) is 3.68. The second-order valence-electron chi connectivity index (χ2n) is 8.04. The molecule has 2 aliphatic rings. The lowest BCUT2D eigenvalue weighted by atomic mass is 10.0. The highest BCUT2D eigenvalue weighted by Crippen LogP contribution is 2.25. The van der Waals surface area contributed by atoms with E-state index < -0.39 is 0 Å². The number of nitrogens with one attached hydrogen (secondary N) is 2. The van der Waals surface area contributed by atoms with Gasteiger partial charge in [0.25, 0.3) is 5.91 Å². The number of likely N-dealkylation sites (tertiary alicyclic amines) is 1. The Morgan fingerprint density at radius 2 is 2.16 bits per heavy atom. The van der Waals surface area contributed by atoms with Crippen LogP contribution in [0.25, 0.3) is 6.08 Å². The van der Waals surface area contributed by atoms with Gasteiger partial charge >= 0.3 is 0 Å². The summed E-state index contributed by atoms with van der Waals surface area (Å²) in [6.45, 7) is 6.10. The van der Waals surface area contributed by atoms with Crippen molar-refractivity contribution in [3.63, 3.8) is 0 Å². The number of likely N-dealkylation sites (N-methyl/N-ethyl adjacent to an activating group) is 1. The van der Waals surface area contributed by atoms with E-state index in [1.807, 2.05) is 12.3 Å². The summed E-state index contributed by atoms with van der Waals surface area (Å²) in [5.74, 6) is -0.170. The SMILES string of the molecule is CC/C1=C/c2ncc(CN3CC(N(C)c4ccc(C(=O)NC)nc4)C3)cc2NCOC1. The molecule has 2 N–H and O–H groups in total. The topological polar surface area (TPSA) is 82.6 Å². The molecule has 4 rings (SSSR count). The van der Waals surface area contributed by atoms with E-state index >= 15 is 0 Å². The molecular formula is C23H30N6O2. The molecule has 2 aliphatic heterocycles. The minimum absolute atomic E-state index is 0.170. The molecule has 0 bridgehead atoms. The van der Waals surface area contributed by atoms with Crippen LogP contribution in [-0.4, -0.2) is 67.3 Å². The largest absolute Gasteiger partial charge is 0.368 e. The third-order valence-corrected chi connectivity index (χ3v) is 5.93. The summed E-state index contributed by atoms with van der Waals surface area (Å²) in [5, 5.41) is 5.93. The molecule has 0 aromatic carbocycles. The van der Waals surface area contributed by atoms with E-state index in [0.717, 1.165) is 43.1 Å². The summed E-state index contributed by atoms with van der Waals surface area (Å²) < 4.78 is 5.65. The molecule has 0 aliphatic carbocycles. The van der Waals surface area contributed by atoms with E-state index in [9.17, 15) is 4.79 Å². The average Bonchev–Trinajstić information content (AvgIpc) is 2.76. The fourth-order valence-corrected chi connectivity index (χ4v) is 3.85. The van der Waals surface area contributed by atoms with Crippen molar-refractivity contribution < 1.29 is 9.53 Å². The van der Waals surface area contributed by atoms with E-state index in [1.54, 1.807) is 19.3 Å². The maximum Gasteiger partial charge on any atom is 0.269 e. The van der Waals surface area contributed by atoms with Crippen LogP contribution in [0.3, 0.4) is 0 Å². The number of carbonyl (C=O) groups is 1. The third-order valence-electron chi connectivity index (χ3n) is 5.93. The predicted molar refractivity (Wildman–Crippen MR) is 122 cm³/mol. The number of anilines is 2. The normalized spacial score (nSPS) is 18.5. The minimum atomic E-state index is -0.170. The Hall–Kier alpha value is -2.97. The highest BCUT2D eigenvalue weighted by atomic mass is 16.5. The number of amides is 1. The van der Waals surface area contributed by atoms with Gasteiger partial charge < -0.3 is 20.3 Å². The van der Waals surface area contributed by atoms with Crippen LogP contribution in [0.1, 0.15) is 35.1 Å². The van der Waals surface area contributed by atoms with E-state index in [4.69, 9.17) is 4.74 Å². The highest BCUT2D eigenvalue weighted by Gasteiger charge is 2.30. The van der Waals surface area contributed by atoms with E-state index in [0.29, 0.717) is 25.1 Å². The fraction of sp³-hybridized carbons (Fsp3) is 0.435. The Bertz CT molecular complexity index is 953. The number of rotatable bonds is 6. The molecule has 4 heterocycles. The van der Waals surface area contributed by atoms with Crippen molar-refractivity contribution in [3.8, 4) is 0 Å². The molecule has 0 atom stereocenters. The first-order valence-corrected chi connectivity index (χ1v) is 10.7. The molecule has 8 heteroatoms. The van der Waals surface area contributed by atoms with Gasteiger partial charge in [0, 0.05) is 39.9 Å². The molecular weight excluding hydrogens is 392 g/mol. The molecule has 2 aromatic rings. The van der Waals surface area contributed by atoms with Crippen molar-refractivity contribution in [2.45, 2.75) is 25.9 Å². The van der Waals surface area contributed by atoms with E-state index in [1.165, 1.54) is 11.1 Å². The number of ether oxygens (including phenoxy) is 1. The summed E-state index contributed by atoms with van der Waals surface area (Å²) >= 11 is 0. The first-order chi connectivity index (χ1) is 15.1. The van der Waals surface area contributed by atoms with Gasteiger partial charge in [0.2, 0.25) is 0 Å². The van der Waals surface area contributed by atoms with Crippen LogP contribution >= 0.6 is 0 Å². The Morgan fingerprint density at radius 3 is 2.87 bits per heavy atom. The summed E-state index contributed by atoms with van der Waals surface area (Å²) in [4.78, 5) is 25.2. The quantitative estimate of drug-likeness (QED) is 0.739. The first-order valence-electron chi connectivity index (χ1n) is 10.7. The van der Waals surface area contributed by atoms with Crippen molar-refractivity contribution >= 4 is 23.4 Å². The van der Waals surface area contributed by atoms with Crippen LogP contribution < -0.4 is 15.5 Å². The zero-order valence-electron chi connectivity index (χ0n) is 18.4. The van der Waals surface area contributed by atoms with Crippen LogP contribution in [0, 0.1) is 0 Å². The van der Waals surface area contributed by atoms with Gasteiger partial charge in [0.1, 0.15) is 12.4 Å². The smallest absolute Gasteiger partial charge is 0.269 e. The molecule has 0 spiro atoms. The lowest BCUT2D eigenvalue weighted by molar-refractivity contribution is 0.0958. The van der Waals surface area contributed by atoms with Crippen LogP contribution in [-0.2, 0) is 11.3 Å². The maximum atomic E-state index is 11.7. The minimum Gasteiger partial charge on any atom is -0.368 e. The lowest BCUT2D eigenvalue weighted by Crippen LogP contribution is -2.58. The molecule has 8 nitrogen and oxygen atoms in total. The van der Waals surface area contributed by atoms with Gasteiger partial charge in [-0.3, -0.25) is 14.7 Å². The van der Waals surface area contributed by atoms with Gasteiger partial charge in [0.05, 0.1) is 35.9 Å². The Labute approximate surface area is 183 Å². The fourth-order valence-electron chi connectivity index (χ4n) is 3.85. The van der Waals surface area contributed by atoms with Crippen molar-refractivity contribution in [1.82, 2.24) is 20.2 Å². The monoisotopic (exact) mass is 422 g/mol. The van der Waals surface area contributed by atoms with Gasteiger partial charge in [-0.1, -0.05) is 6.92 Å². The standard InChI is InChI=1S/C23H30N6O2/c1-4-16-7-21-22(27-15-31-14-16)8-17(9-25-21)11-29-12-19(13-29)28(3)18-5-6-20(26-10-18)23(30)24-2/h5-10,19,27H,4,11-15H2,1-3H3,(H,24,30)/b16-7-. The van der Waals surface area contributed by atoms with Gasteiger partial charge in [-0.15, -0.1) is 0 Å². The van der Waals surface area contributed by atoms with Crippen LogP contribution in [0.15, 0.2) is 36.2 Å². The second-order valence-corrected chi connectivity index (χ2v) is 8.04. The highest BCUT2D eigenvalue weighted by molar-refractivity contribution is 5.92. The van der Waals surface area contributed by atoms with Crippen molar-refractivity contribution in [2.24, 2.45) is 0 Å². The van der Waals surface area contributed by atoms with Crippen LogP contribution in [0.5, 0.6) is 0 Å². The molecule has 0 radical (unpaired) electrons. The molecule has 1 saturated heterocycles. The van der Waals surface area contributed by atoms with Gasteiger partial charge in [0.15, 0.2) is 0 Å². The van der Waals surface area contributed by atoms with Gasteiger partial charge in [-0.05, 0) is 41.8 Å². The van der Waals surface area contributed by atoms with E-state index in [2.05, 4.69) is 56.5 Å². The number of nitrogens with zero attached hydrogens (tertiary/aromatic N) is 4. The first kappa shape index (κ1) is 21.3. The zero-order chi connectivity index (χ0) is 21.8. The number of hydrogen-bond donors (Lipinski definition) is 2. The number of hydrogen-bond acceptors (Lipinski definition) is 7. The maximum absolute atomic E-state index is 11.7. The lowest BCUT2D eigenvalue weighted by Gasteiger charge is -2.45. The van der Waals surface area contributed by atoms with Crippen molar-refractivity contribution in [1.29, 1.82) is 0 Å². The number of pyridine rings is 2. The summed E-state index contributed by atoms with van der Waals surface area (Å²) in [5.41, 5.74) is 5.91.